The Hall–Kier alpha value is -3.40. The van der Waals surface area contributed by atoms with Gasteiger partial charge in [0, 0.05) is 43.3 Å². The Morgan fingerprint density at radius 1 is 1.18 bits per heavy atom. The molecule has 0 bridgehead atoms. The molecule has 7 nitrogen and oxygen atoms in total. The van der Waals surface area contributed by atoms with Crippen molar-refractivity contribution in [3.8, 4) is 6.19 Å². The van der Waals surface area contributed by atoms with Gasteiger partial charge in [-0.15, -0.1) is 4.99 Å². The summed E-state index contributed by atoms with van der Waals surface area (Å²) in [6.07, 6.45) is 6.19. The van der Waals surface area contributed by atoms with Crippen LogP contribution in [0.4, 0.5) is 5.69 Å². The molecule has 1 aromatic heterocycles. The number of nitriles is 1. The van der Waals surface area contributed by atoms with E-state index in [4.69, 9.17) is 5.26 Å². The van der Waals surface area contributed by atoms with Crippen molar-refractivity contribution in [1.82, 2.24) is 15.2 Å². The number of rotatable bonds is 5. The summed E-state index contributed by atoms with van der Waals surface area (Å²) in [5.74, 6) is 2.41. The summed E-state index contributed by atoms with van der Waals surface area (Å²) in [6, 6.07) is 13.1. The zero-order valence-corrected chi connectivity index (χ0v) is 15.5. The quantitative estimate of drug-likeness (QED) is 0.476. The summed E-state index contributed by atoms with van der Waals surface area (Å²) in [4.78, 5) is 22.3. The van der Waals surface area contributed by atoms with E-state index in [0.29, 0.717) is 23.7 Å². The number of hydrogen-bond donors (Lipinski definition) is 2. The van der Waals surface area contributed by atoms with Gasteiger partial charge in [-0.05, 0) is 48.4 Å². The lowest BCUT2D eigenvalue weighted by Crippen LogP contribution is -2.33. The molecule has 28 heavy (non-hydrogen) atoms. The van der Waals surface area contributed by atoms with Crippen LogP contribution in [-0.4, -0.2) is 41.4 Å². The molecule has 2 aromatic rings. The predicted octanol–water partition coefficient (Wildman–Crippen LogP) is 2.33. The maximum atomic E-state index is 12.5. The standard InChI is InChI=1S/C21H22N6O/c22-14-25-21(26-16-6-9-23-10-7-16)24-11-8-17-18-12-27(13-19(17)18)20(28)15-4-2-1-3-5-15/h1-7,9-10,17-19H,8,11-13H2,(H2,23,24,25,26)/t17-,18-,19+. The number of likely N-dealkylation sites (tertiary alicyclic amines) is 1. The van der Waals surface area contributed by atoms with Gasteiger partial charge in [0.15, 0.2) is 0 Å². The molecule has 3 atom stereocenters. The van der Waals surface area contributed by atoms with Gasteiger partial charge in [0.2, 0.25) is 12.2 Å². The van der Waals surface area contributed by atoms with Crippen LogP contribution < -0.4 is 10.6 Å². The van der Waals surface area contributed by atoms with Crippen LogP contribution in [0.5, 0.6) is 0 Å². The highest BCUT2D eigenvalue weighted by atomic mass is 16.2. The number of aliphatic imine (C=N–C) groups is 1. The first-order valence-corrected chi connectivity index (χ1v) is 9.48. The van der Waals surface area contributed by atoms with Crippen molar-refractivity contribution >= 4 is 17.6 Å². The van der Waals surface area contributed by atoms with Gasteiger partial charge < -0.3 is 15.5 Å². The lowest BCUT2D eigenvalue weighted by molar-refractivity contribution is 0.0767. The second kappa shape index (κ2) is 8.09. The predicted molar refractivity (Wildman–Crippen MR) is 106 cm³/mol. The molecule has 142 valence electrons. The third-order valence-corrected chi connectivity index (χ3v) is 5.55. The number of nitrogens with zero attached hydrogens (tertiary/aromatic N) is 4. The Labute approximate surface area is 164 Å². The topological polar surface area (TPSA) is 93.4 Å². The van der Waals surface area contributed by atoms with E-state index < -0.39 is 0 Å². The van der Waals surface area contributed by atoms with Gasteiger partial charge >= 0.3 is 0 Å². The fourth-order valence-electron chi connectivity index (χ4n) is 4.10. The molecule has 0 unspecified atom stereocenters. The average molecular weight is 374 g/mol. The van der Waals surface area contributed by atoms with Crippen LogP contribution in [0, 0.1) is 29.2 Å². The maximum absolute atomic E-state index is 12.5. The second-order valence-electron chi connectivity index (χ2n) is 7.20. The van der Waals surface area contributed by atoms with Crippen molar-refractivity contribution in [2.75, 3.05) is 25.0 Å². The summed E-state index contributed by atoms with van der Waals surface area (Å²) in [6.45, 7) is 2.43. The summed E-state index contributed by atoms with van der Waals surface area (Å²) in [7, 11) is 0. The van der Waals surface area contributed by atoms with E-state index in [2.05, 4.69) is 20.6 Å². The number of guanidine groups is 1. The summed E-state index contributed by atoms with van der Waals surface area (Å²) >= 11 is 0. The van der Waals surface area contributed by atoms with E-state index in [1.807, 2.05) is 53.6 Å². The number of piperidine rings is 1. The number of benzene rings is 1. The highest BCUT2D eigenvalue weighted by molar-refractivity contribution is 5.94. The Kier molecular flexibility index (Phi) is 5.20. The molecule has 4 rings (SSSR count). The molecule has 2 heterocycles. The van der Waals surface area contributed by atoms with Crippen LogP contribution in [0.3, 0.4) is 0 Å². The molecular formula is C21H22N6O. The first kappa shape index (κ1) is 18.0. The van der Waals surface area contributed by atoms with Crippen LogP contribution in [0.2, 0.25) is 0 Å². The molecule has 1 aliphatic carbocycles. The van der Waals surface area contributed by atoms with Crippen LogP contribution in [0.25, 0.3) is 0 Å². The van der Waals surface area contributed by atoms with Crippen LogP contribution in [0.15, 0.2) is 59.9 Å². The van der Waals surface area contributed by atoms with Gasteiger partial charge in [-0.1, -0.05) is 18.2 Å². The Balaban J connectivity index is 1.22. The minimum absolute atomic E-state index is 0.134. The Morgan fingerprint density at radius 2 is 1.89 bits per heavy atom. The number of aromatic nitrogens is 1. The third kappa shape index (κ3) is 3.96. The van der Waals surface area contributed by atoms with Crippen LogP contribution in [-0.2, 0) is 0 Å². The van der Waals surface area contributed by atoms with Gasteiger partial charge in [0.25, 0.3) is 5.91 Å². The molecule has 2 fully saturated rings. The van der Waals surface area contributed by atoms with E-state index in [0.717, 1.165) is 37.3 Å². The maximum Gasteiger partial charge on any atom is 0.253 e. The fourth-order valence-corrected chi connectivity index (χ4v) is 4.10. The van der Waals surface area contributed by atoms with Crippen molar-refractivity contribution in [2.24, 2.45) is 22.7 Å². The summed E-state index contributed by atoms with van der Waals surface area (Å²) in [5.41, 5.74) is 1.59. The first-order valence-electron chi connectivity index (χ1n) is 9.48. The molecule has 0 radical (unpaired) electrons. The molecule has 1 aromatic carbocycles. The van der Waals surface area contributed by atoms with Gasteiger partial charge in [0.1, 0.15) is 0 Å². The molecule has 1 aliphatic heterocycles. The van der Waals surface area contributed by atoms with Gasteiger partial charge in [-0.25, -0.2) is 0 Å². The van der Waals surface area contributed by atoms with Gasteiger partial charge in [-0.3, -0.25) is 9.78 Å². The first-order chi connectivity index (χ1) is 13.8. The van der Waals surface area contributed by atoms with E-state index in [-0.39, 0.29) is 5.91 Å². The van der Waals surface area contributed by atoms with Gasteiger partial charge in [-0.2, -0.15) is 5.26 Å². The molecule has 1 amide bonds. The van der Waals surface area contributed by atoms with Crippen molar-refractivity contribution in [2.45, 2.75) is 6.42 Å². The molecule has 1 saturated heterocycles. The number of pyridine rings is 1. The number of hydrogen-bond acceptors (Lipinski definition) is 4. The number of nitrogens with one attached hydrogen (secondary N) is 2. The zero-order valence-electron chi connectivity index (χ0n) is 15.5. The van der Waals surface area contributed by atoms with Crippen molar-refractivity contribution < 1.29 is 4.79 Å². The van der Waals surface area contributed by atoms with Crippen LogP contribution in [0.1, 0.15) is 16.8 Å². The number of anilines is 1. The van der Waals surface area contributed by atoms with E-state index in [1.54, 1.807) is 12.4 Å². The van der Waals surface area contributed by atoms with Crippen molar-refractivity contribution in [3.63, 3.8) is 0 Å². The van der Waals surface area contributed by atoms with Crippen molar-refractivity contribution in [1.29, 1.82) is 5.26 Å². The van der Waals surface area contributed by atoms with Crippen molar-refractivity contribution in [3.05, 3.63) is 60.4 Å². The molecule has 7 heteroatoms. The van der Waals surface area contributed by atoms with Gasteiger partial charge in [0.05, 0.1) is 0 Å². The monoisotopic (exact) mass is 374 g/mol. The molecule has 2 aliphatic rings. The number of carbonyl (C=O) groups excluding carboxylic acids is 1. The lowest BCUT2D eigenvalue weighted by Gasteiger charge is -2.20. The second-order valence-corrected chi connectivity index (χ2v) is 7.20. The fraction of sp³-hybridized carbons (Fsp3) is 0.333. The Morgan fingerprint density at radius 3 is 2.57 bits per heavy atom. The zero-order chi connectivity index (χ0) is 19.3. The molecular weight excluding hydrogens is 352 g/mol. The van der Waals surface area contributed by atoms with Crippen LogP contribution >= 0.6 is 0 Å². The van der Waals surface area contributed by atoms with E-state index >= 15 is 0 Å². The average Bonchev–Trinajstić information content (AvgIpc) is 3.18. The summed E-state index contributed by atoms with van der Waals surface area (Å²) in [5, 5.41) is 15.2. The molecule has 2 N–H and O–H groups in total. The minimum Gasteiger partial charge on any atom is -0.355 e. The minimum atomic E-state index is 0.134. The third-order valence-electron chi connectivity index (χ3n) is 5.55. The number of fused-ring (bicyclic) bond motifs is 1. The number of carbonyl (C=O) groups is 1. The van der Waals surface area contributed by atoms with E-state index in [9.17, 15) is 4.79 Å². The lowest BCUT2D eigenvalue weighted by atomic mass is 10.1. The largest absolute Gasteiger partial charge is 0.355 e. The van der Waals surface area contributed by atoms with E-state index in [1.165, 1.54) is 0 Å². The number of amides is 1. The summed E-state index contributed by atoms with van der Waals surface area (Å²) < 4.78 is 0. The molecule has 0 spiro atoms. The molecule has 1 saturated carbocycles. The highest BCUT2D eigenvalue weighted by Crippen LogP contribution is 2.53. The SMILES string of the molecule is N#C/N=C(\NCC[C@@H]1[C@H]2CN(C(=O)c3ccccc3)C[C@@H]12)Nc1ccncc1. The normalized spacial score (nSPS) is 22.9. The highest BCUT2D eigenvalue weighted by Gasteiger charge is 2.55. The smallest absolute Gasteiger partial charge is 0.253 e. The Bertz CT molecular complexity index is 880.